The number of aromatic nitrogens is 1. The van der Waals surface area contributed by atoms with Crippen LogP contribution in [-0.2, 0) is 27.7 Å². The number of sulfonamides is 1. The number of aryl methyl sites for hydroxylation is 2. The highest BCUT2D eigenvalue weighted by molar-refractivity contribution is 7.92. The Morgan fingerprint density at radius 3 is 2.52 bits per heavy atom. The van der Waals surface area contributed by atoms with Crippen molar-refractivity contribution in [2.24, 2.45) is 0 Å². The zero-order chi connectivity index (χ0) is 31.6. The number of nitrogens with zero attached hydrogens (tertiary/aromatic N) is 2. The van der Waals surface area contributed by atoms with Gasteiger partial charge >= 0.3 is 6.18 Å². The second kappa shape index (κ2) is 13.1. The standard InChI is InChI=1S/C31H39F3N4O5S/c1-3-21-18-37-11-14-44(41,42)38(19-31(32,33)34)26-16-23(15-25(21)29(26)37)30(40)36-28(20(2)22-7-5-4-6-8-22)27(39)17-35-24-9-12-43-13-10-24/h4-8,15-16,18,20,24,27-28,35,39H,3,9-14,17,19H2,1-2H3,(H,36,40)/t20-,27+,28?/m0/s1. The highest BCUT2D eigenvalue weighted by atomic mass is 32.2. The summed E-state index contributed by atoms with van der Waals surface area (Å²) in [5, 5.41) is 18.2. The number of amides is 1. The summed E-state index contributed by atoms with van der Waals surface area (Å²) >= 11 is 0. The first kappa shape index (κ1) is 32.3. The van der Waals surface area contributed by atoms with Gasteiger partial charge in [0.2, 0.25) is 10.0 Å². The van der Waals surface area contributed by atoms with Crippen LogP contribution in [0.4, 0.5) is 18.9 Å². The number of hydrogen-bond donors (Lipinski definition) is 3. The van der Waals surface area contributed by atoms with Crippen LogP contribution in [0, 0.1) is 0 Å². The van der Waals surface area contributed by atoms with Crippen molar-refractivity contribution in [1.82, 2.24) is 15.2 Å². The molecule has 1 saturated heterocycles. The summed E-state index contributed by atoms with van der Waals surface area (Å²) in [6.45, 7) is 3.53. The molecular formula is C31H39F3N4O5S. The summed E-state index contributed by atoms with van der Waals surface area (Å²) in [5.74, 6) is -1.45. The van der Waals surface area contributed by atoms with E-state index in [0.29, 0.717) is 34.8 Å². The molecule has 2 aliphatic rings. The molecule has 9 nitrogen and oxygen atoms in total. The van der Waals surface area contributed by atoms with Gasteiger partial charge in [-0.3, -0.25) is 9.10 Å². The van der Waals surface area contributed by atoms with Crippen molar-refractivity contribution in [3.8, 4) is 0 Å². The van der Waals surface area contributed by atoms with Crippen molar-refractivity contribution in [2.45, 2.75) is 69.9 Å². The first-order valence-electron chi connectivity index (χ1n) is 15.0. The summed E-state index contributed by atoms with van der Waals surface area (Å²) in [6.07, 6.45) is -1.92. The van der Waals surface area contributed by atoms with Crippen LogP contribution in [0.5, 0.6) is 0 Å². The van der Waals surface area contributed by atoms with Crippen LogP contribution in [0.2, 0.25) is 0 Å². The summed E-state index contributed by atoms with van der Waals surface area (Å²) in [4.78, 5) is 13.9. The van der Waals surface area contributed by atoms with E-state index in [1.54, 1.807) is 16.8 Å². The first-order chi connectivity index (χ1) is 20.9. The Morgan fingerprint density at radius 1 is 1.16 bits per heavy atom. The van der Waals surface area contributed by atoms with Crippen molar-refractivity contribution in [3.05, 3.63) is 65.4 Å². The van der Waals surface area contributed by atoms with Crippen LogP contribution in [0.25, 0.3) is 10.9 Å². The van der Waals surface area contributed by atoms with E-state index in [4.69, 9.17) is 4.74 Å². The number of halogens is 3. The van der Waals surface area contributed by atoms with Crippen molar-refractivity contribution in [2.75, 3.05) is 36.4 Å². The Morgan fingerprint density at radius 2 is 1.86 bits per heavy atom. The fourth-order valence-corrected chi connectivity index (χ4v) is 7.59. The van der Waals surface area contributed by atoms with Gasteiger partial charge in [0.1, 0.15) is 6.54 Å². The Bertz CT molecular complexity index is 1570. The zero-order valence-electron chi connectivity index (χ0n) is 24.8. The summed E-state index contributed by atoms with van der Waals surface area (Å²) < 4.78 is 74.7. The molecule has 13 heteroatoms. The third-order valence-corrected chi connectivity index (χ3v) is 10.3. The smallest absolute Gasteiger partial charge is 0.390 e. The van der Waals surface area contributed by atoms with Gasteiger partial charge in [-0.25, -0.2) is 8.42 Å². The summed E-state index contributed by atoms with van der Waals surface area (Å²) in [5.41, 5.74) is 1.85. The molecule has 5 rings (SSSR count). The van der Waals surface area contributed by atoms with Crippen molar-refractivity contribution >= 4 is 32.5 Å². The third kappa shape index (κ3) is 7.06. The van der Waals surface area contributed by atoms with E-state index < -0.39 is 46.6 Å². The van der Waals surface area contributed by atoms with Gasteiger partial charge in [0, 0.05) is 55.4 Å². The minimum Gasteiger partial charge on any atom is -0.390 e. The number of hydrogen-bond acceptors (Lipinski definition) is 6. The van der Waals surface area contributed by atoms with Crippen molar-refractivity contribution in [1.29, 1.82) is 0 Å². The number of aliphatic hydroxyl groups is 1. The third-order valence-electron chi connectivity index (χ3n) is 8.61. The minimum atomic E-state index is -4.80. The number of alkyl halides is 3. The van der Waals surface area contributed by atoms with Gasteiger partial charge in [-0.2, -0.15) is 13.2 Å². The van der Waals surface area contributed by atoms with Gasteiger partial charge in [0.25, 0.3) is 5.91 Å². The van der Waals surface area contributed by atoms with Crippen molar-refractivity contribution < 1.29 is 36.2 Å². The Labute approximate surface area is 255 Å². The van der Waals surface area contributed by atoms with Gasteiger partial charge in [-0.1, -0.05) is 44.2 Å². The highest BCUT2D eigenvalue weighted by Gasteiger charge is 2.40. The van der Waals surface area contributed by atoms with E-state index in [-0.39, 0.29) is 36.3 Å². The van der Waals surface area contributed by atoms with E-state index in [9.17, 15) is 31.5 Å². The maximum absolute atomic E-state index is 13.9. The first-order valence-corrected chi connectivity index (χ1v) is 16.6. The number of benzene rings is 2. The molecule has 2 aliphatic heterocycles. The van der Waals surface area contributed by atoms with Crippen LogP contribution in [0.1, 0.15) is 54.1 Å². The lowest BCUT2D eigenvalue weighted by molar-refractivity contribution is -0.117. The molecule has 0 aliphatic carbocycles. The monoisotopic (exact) mass is 636 g/mol. The minimum absolute atomic E-state index is 0.00525. The maximum atomic E-state index is 13.9. The zero-order valence-corrected chi connectivity index (χ0v) is 25.6. The van der Waals surface area contributed by atoms with E-state index in [1.165, 1.54) is 6.07 Å². The Balaban J connectivity index is 1.52. The molecule has 1 amide bonds. The number of carbonyl (C=O) groups is 1. The SMILES string of the molecule is CCc1cn2c3c(cc(C(=O)NC([C@H](O)CNC4CCOCC4)[C@@H](C)c4ccccc4)cc13)N(CC(F)(F)F)S(=O)(=O)CC2. The molecule has 240 valence electrons. The van der Waals surface area contributed by atoms with Crippen LogP contribution < -0.4 is 14.9 Å². The molecule has 1 fully saturated rings. The predicted octanol–water partition coefficient (Wildman–Crippen LogP) is 3.95. The van der Waals surface area contributed by atoms with Gasteiger partial charge in [0.15, 0.2) is 0 Å². The van der Waals surface area contributed by atoms with Crippen LogP contribution in [-0.4, -0.2) is 80.4 Å². The van der Waals surface area contributed by atoms with E-state index in [2.05, 4.69) is 10.6 Å². The van der Waals surface area contributed by atoms with Gasteiger partial charge in [0.05, 0.1) is 29.1 Å². The maximum Gasteiger partial charge on any atom is 0.407 e. The lowest BCUT2D eigenvalue weighted by Gasteiger charge is -2.32. The molecule has 1 unspecified atom stereocenters. The molecular weight excluding hydrogens is 597 g/mol. The average Bonchev–Trinajstić information content (AvgIpc) is 3.33. The fraction of sp³-hybridized carbons (Fsp3) is 0.516. The van der Waals surface area contributed by atoms with E-state index in [1.807, 2.05) is 44.2 Å². The molecule has 44 heavy (non-hydrogen) atoms. The lowest BCUT2D eigenvalue weighted by Crippen LogP contribution is -2.51. The van der Waals surface area contributed by atoms with E-state index in [0.717, 1.165) is 24.0 Å². The molecule has 3 aromatic rings. The number of ether oxygens (including phenoxy) is 1. The van der Waals surface area contributed by atoms with Gasteiger partial charge < -0.3 is 25.0 Å². The largest absolute Gasteiger partial charge is 0.407 e. The number of aliphatic hydroxyl groups excluding tert-OH is 1. The van der Waals surface area contributed by atoms with Gasteiger partial charge in [-0.15, -0.1) is 0 Å². The molecule has 0 bridgehead atoms. The van der Waals surface area contributed by atoms with Crippen LogP contribution in [0.3, 0.4) is 0 Å². The number of rotatable bonds is 10. The Kier molecular flexibility index (Phi) is 9.59. The molecule has 3 N–H and O–H groups in total. The van der Waals surface area contributed by atoms with Crippen LogP contribution in [0.15, 0.2) is 48.7 Å². The molecule has 2 aromatic carbocycles. The molecule has 0 spiro atoms. The number of carbonyl (C=O) groups excluding carboxylic acids is 1. The summed E-state index contributed by atoms with van der Waals surface area (Å²) in [6, 6.07) is 11.6. The highest BCUT2D eigenvalue weighted by Crippen LogP contribution is 2.38. The predicted molar refractivity (Wildman–Crippen MR) is 162 cm³/mol. The normalized spacial score (nSPS) is 19.4. The van der Waals surface area contributed by atoms with E-state index >= 15 is 0 Å². The van der Waals surface area contributed by atoms with Crippen LogP contribution >= 0.6 is 0 Å². The molecule has 0 saturated carbocycles. The second-order valence-electron chi connectivity index (χ2n) is 11.6. The molecule has 3 atom stereocenters. The summed E-state index contributed by atoms with van der Waals surface area (Å²) in [7, 11) is -4.34. The molecule has 1 aromatic heterocycles. The Hall–Kier alpha value is -3.13. The molecule has 3 heterocycles. The quantitative estimate of drug-likeness (QED) is 0.311. The molecule has 0 radical (unpaired) electrons. The number of anilines is 1. The topological polar surface area (TPSA) is 113 Å². The fourth-order valence-electron chi connectivity index (χ4n) is 6.16. The average molecular weight is 637 g/mol. The number of nitrogens with one attached hydrogen (secondary N) is 2. The van der Waals surface area contributed by atoms with Gasteiger partial charge in [-0.05, 0) is 42.5 Å². The van der Waals surface area contributed by atoms with Crippen molar-refractivity contribution in [3.63, 3.8) is 0 Å². The second-order valence-corrected chi connectivity index (χ2v) is 13.6. The lowest BCUT2D eigenvalue weighted by atomic mass is 9.89.